The zero-order valence-corrected chi connectivity index (χ0v) is 22.2. The Morgan fingerprint density at radius 2 is 1.03 bits per heavy atom. The molecular formula is C38H29N. The number of nitrogens with zero attached hydrogens (tertiary/aromatic N) is 1. The monoisotopic (exact) mass is 499 g/mol. The topological polar surface area (TPSA) is 4.93 Å². The van der Waals surface area contributed by atoms with Gasteiger partial charge in [0.2, 0.25) is 0 Å². The van der Waals surface area contributed by atoms with Gasteiger partial charge in [0.1, 0.15) is 0 Å². The van der Waals surface area contributed by atoms with Gasteiger partial charge in [-0.2, -0.15) is 0 Å². The highest BCUT2D eigenvalue weighted by Crippen LogP contribution is 2.37. The number of rotatable bonds is 4. The first-order valence-electron chi connectivity index (χ1n) is 13.5. The Kier molecular flexibility index (Phi) is 5.64. The number of fused-ring (bicyclic) bond motifs is 3. The summed E-state index contributed by atoms with van der Waals surface area (Å²) in [6, 6.07) is 50.6. The van der Waals surface area contributed by atoms with E-state index in [2.05, 4.69) is 158 Å². The average Bonchev–Trinajstić information content (AvgIpc) is 3.32. The molecular weight excluding hydrogens is 470 g/mol. The highest BCUT2D eigenvalue weighted by atomic mass is 15.0. The van der Waals surface area contributed by atoms with E-state index in [-0.39, 0.29) is 0 Å². The first-order chi connectivity index (χ1) is 19.2. The maximum atomic E-state index is 2.40. The highest BCUT2D eigenvalue weighted by Gasteiger charge is 2.14. The van der Waals surface area contributed by atoms with E-state index in [1.807, 2.05) is 0 Å². The number of aryl methyl sites for hydroxylation is 2. The van der Waals surface area contributed by atoms with Gasteiger partial charge in [0.05, 0.1) is 11.0 Å². The second kappa shape index (κ2) is 9.45. The molecule has 0 spiro atoms. The summed E-state index contributed by atoms with van der Waals surface area (Å²) < 4.78 is 2.40. The van der Waals surface area contributed by atoms with Crippen LogP contribution in [0.4, 0.5) is 0 Å². The molecule has 1 heteroatoms. The molecule has 0 radical (unpaired) electrons. The Balaban J connectivity index is 1.40. The molecule has 0 aliphatic carbocycles. The maximum absolute atomic E-state index is 2.40. The Morgan fingerprint density at radius 1 is 0.385 bits per heavy atom. The van der Waals surface area contributed by atoms with Gasteiger partial charge in [-0.3, -0.25) is 0 Å². The molecule has 0 aliphatic heterocycles. The Bertz CT molecular complexity index is 1970. The third-order valence-electron chi connectivity index (χ3n) is 7.89. The van der Waals surface area contributed by atoms with Crippen LogP contribution >= 0.6 is 0 Å². The molecule has 6 aromatic carbocycles. The van der Waals surface area contributed by atoms with E-state index in [0.29, 0.717) is 0 Å². The van der Waals surface area contributed by atoms with Crippen LogP contribution in [-0.4, -0.2) is 4.57 Å². The van der Waals surface area contributed by atoms with Gasteiger partial charge in [0.25, 0.3) is 0 Å². The van der Waals surface area contributed by atoms with E-state index in [0.717, 1.165) is 0 Å². The first-order valence-corrected chi connectivity index (χ1v) is 13.5. The van der Waals surface area contributed by atoms with E-state index < -0.39 is 0 Å². The molecule has 0 fully saturated rings. The van der Waals surface area contributed by atoms with Gasteiger partial charge in [-0.25, -0.2) is 0 Å². The van der Waals surface area contributed by atoms with Gasteiger partial charge in [0.15, 0.2) is 0 Å². The van der Waals surface area contributed by atoms with Crippen molar-refractivity contribution in [2.45, 2.75) is 13.8 Å². The molecule has 39 heavy (non-hydrogen) atoms. The normalized spacial score (nSPS) is 11.3. The van der Waals surface area contributed by atoms with Crippen molar-refractivity contribution in [2.75, 3.05) is 0 Å². The van der Waals surface area contributed by atoms with Gasteiger partial charge in [0, 0.05) is 16.5 Å². The second-order valence-corrected chi connectivity index (χ2v) is 10.3. The van der Waals surface area contributed by atoms with Crippen LogP contribution in [0.25, 0.3) is 60.9 Å². The number of hydrogen-bond acceptors (Lipinski definition) is 0. The van der Waals surface area contributed by atoms with Crippen molar-refractivity contribution < 1.29 is 0 Å². The molecule has 0 saturated carbocycles. The predicted molar refractivity (Wildman–Crippen MR) is 167 cm³/mol. The molecule has 7 rings (SSSR count). The summed E-state index contributed by atoms with van der Waals surface area (Å²) in [5, 5.41) is 2.54. The largest absolute Gasteiger partial charge is 0.309 e. The number of para-hydroxylation sites is 1. The summed E-state index contributed by atoms with van der Waals surface area (Å²) in [6.07, 6.45) is 0. The first kappa shape index (κ1) is 23.3. The summed E-state index contributed by atoms with van der Waals surface area (Å²) in [4.78, 5) is 0. The van der Waals surface area contributed by atoms with Crippen LogP contribution in [0.2, 0.25) is 0 Å². The lowest BCUT2D eigenvalue weighted by Crippen LogP contribution is -1.94. The lowest BCUT2D eigenvalue weighted by Gasteiger charge is -2.13. The summed E-state index contributed by atoms with van der Waals surface area (Å²) >= 11 is 0. The van der Waals surface area contributed by atoms with Crippen LogP contribution in [0.3, 0.4) is 0 Å². The van der Waals surface area contributed by atoms with Gasteiger partial charge < -0.3 is 4.57 Å². The van der Waals surface area contributed by atoms with Crippen molar-refractivity contribution in [3.63, 3.8) is 0 Å². The molecule has 0 atom stereocenters. The lowest BCUT2D eigenvalue weighted by atomic mass is 9.92. The van der Waals surface area contributed by atoms with Crippen molar-refractivity contribution >= 4 is 21.8 Å². The van der Waals surface area contributed by atoms with E-state index >= 15 is 0 Å². The van der Waals surface area contributed by atoms with Gasteiger partial charge in [-0.15, -0.1) is 0 Å². The molecule has 1 aromatic heterocycles. The quantitative estimate of drug-likeness (QED) is 0.227. The number of aromatic nitrogens is 1. The summed E-state index contributed by atoms with van der Waals surface area (Å²) in [7, 11) is 0. The lowest BCUT2D eigenvalue weighted by molar-refractivity contribution is 1.18. The molecule has 1 heterocycles. The molecule has 186 valence electrons. The number of benzene rings is 6. The fourth-order valence-corrected chi connectivity index (χ4v) is 5.85. The molecule has 0 saturated heterocycles. The summed E-state index contributed by atoms with van der Waals surface area (Å²) in [5.41, 5.74) is 13.7. The third-order valence-corrected chi connectivity index (χ3v) is 7.89. The average molecular weight is 500 g/mol. The van der Waals surface area contributed by atoms with Crippen molar-refractivity contribution in [1.82, 2.24) is 4.57 Å². The third kappa shape index (κ3) is 4.04. The fourth-order valence-electron chi connectivity index (χ4n) is 5.85. The SMILES string of the molecule is Cc1ccccc1-c1cc(-c2ccc3c(c2)c2ccccc2n3-c2cccc(-c3ccccc3)c2)ccc1C. The van der Waals surface area contributed by atoms with E-state index in [9.17, 15) is 0 Å². The van der Waals surface area contributed by atoms with Crippen LogP contribution in [-0.2, 0) is 0 Å². The Labute approximate surface area is 229 Å². The highest BCUT2D eigenvalue weighted by molar-refractivity contribution is 6.10. The van der Waals surface area contributed by atoms with Crippen molar-refractivity contribution in [3.05, 3.63) is 151 Å². The molecule has 0 N–H and O–H groups in total. The smallest absolute Gasteiger partial charge is 0.0541 e. The standard InChI is InChI=1S/C38H29N/c1-26-11-6-7-16-33(26)35-24-30(20-19-27(35)2)31-21-22-38-36(25-31)34-17-8-9-18-37(34)39(38)32-15-10-14-29(23-32)28-12-4-3-5-13-28/h3-25H,1-2H3. The minimum absolute atomic E-state index is 1.17. The van der Waals surface area contributed by atoms with Crippen molar-refractivity contribution in [2.24, 2.45) is 0 Å². The zero-order chi connectivity index (χ0) is 26.3. The molecule has 0 amide bonds. The zero-order valence-electron chi connectivity index (χ0n) is 22.2. The van der Waals surface area contributed by atoms with E-state index in [1.54, 1.807) is 0 Å². The summed E-state index contributed by atoms with van der Waals surface area (Å²) in [5.74, 6) is 0. The second-order valence-electron chi connectivity index (χ2n) is 10.3. The minimum Gasteiger partial charge on any atom is -0.309 e. The minimum atomic E-state index is 1.17. The Hall–Kier alpha value is -4.88. The molecule has 0 unspecified atom stereocenters. The molecule has 1 nitrogen and oxygen atoms in total. The van der Waals surface area contributed by atoms with E-state index in [1.165, 1.54) is 72.0 Å². The van der Waals surface area contributed by atoms with Gasteiger partial charge in [-0.1, -0.05) is 103 Å². The van der Waals surface area contributed by atoms with Gasteiger partial charge >= 0.3 is 0 Å². The summed E-state index contributed by atoms with van der Waals surface area (Å²) in [6.45, 7) is 4.39. The van der Waals surface area contributed by atoms with Crippen molar-refractivity contribution in [1.29, 1.82) is 0 Å². The van der Waals surface area contributed by atoms with Crippen LogP contribution in [0.5, 0.6) is 0 Å². The molecule has 0 bridgehead atoms. The molecule has 0 aliphatic rings. The van der Waals surface area contributed by atoms with Crippen LogP contribution < -0.4 is 0 Å². The number of hydrogen-bond donors (Lipinski definition) is 0. The van der Waals surface area contributed by atoms with Gasteiger partial charge in [-0.05, 0) is 94.8 Å². The van der Waals surface area contributed by atoms with Crippen LogP contribution in [0.15, 0.2) is 140 Å². The van der Waals surface area contributed by atoms with Crippen LogP contribution in [0, 0.1) is 13.8 Å². The predicted octanol–water partition coefficient (Wildman–Crippen LogP) is 10.4. The van der Waals surface area contributed by atoms with Crippen LogP contribution in [0.1, 0.15) is 11.1 Å². The van der Waals surface area contributed by atoms with Crippen molar-refractivity contribution in [3.8, 4) is 39.1 Å². The maximum Gasteiger partial charge on any atom is 0.0541 e. The fraction of sp³-hybridized carbons (Fsp3) is 0.0526. The Morgan fingerprint density at radius 3 is 1.90 bits per heavy atom. The van der Waals surface area contributed by atoms with E-state index in [4.69, 9.17) is 0 Å². The molecule has 7 aromatic rings.